The van der Waals surface area contributed by atoms with Crippen molar-refractivity contribution in [3.05, 3.63) is 59.2 Å². The zero-order valence-corrected chi connectivity index (χ0v) is 18.3. The van der Waals surface area contributed by atoms with Crippen molar-refractivity contribution in [2.75, 3.05) is 6.26 Å². The average Bonchev–Trinajstić information content (AvgIpc) is 3.00. The minimum Gasteiger partial charge on any atom is -0.457 e. The van der Waals surface area contributed by atoms with E-state index in [0.717, 1.165) is 22.9 Å². The van der Waals surface area contributed by atoms with Crippen LogP contribution in [0.2, 0.25) is 0 Å². The van der Waals surface area contributed by atoms with E-state index in [4.69, 9.17) is 4.74 Å². The van der Waals surface area contributed by atoms with Gasteiger partial charge in [-0.05, 0) is 67.6 Å². The molecule has 0 unspecified atom stereocenters. The molecule has 0 fully saturated rings. The van der Waals surface area contributed by atoms with Crippen molar-refractivity contribution < 1.29 is 21.6 Å². The molecule has 0 bridgehead atoms. The average molecular weight is 439 g/mol. The maximum absolute atomic E-state index is 12.1. The van der Waals surface area contributed by atoms with Crippen molar-refractivity contribution >= 4 is 20.0 Å². The summed E-state index contributed by atoms with van der Waals surface area (Å²) in [4.78, 5) is 0. The van der Waals surface area contributed by atoms with Crippen molar-refractivity contribution in [1.29, 1.82) is 0 Å². The monoisotopic (exact) mass is 438 g/mol. The van der Waals surface area contributed by atoms with E-state index < -0.39 is 25.3 Å². The fraction of sp³-hybridized carbons (Fsp3) is 0.400. The second-order valence-electron chi connectivity index (χ2n) is 7.59. The van der Waals surface area contributed by atoms with Gasteiger partial charge in [-0.15, -0.1) is 0 Å². The molecular formula is C20H26N2O5S2. The second-order valence-corrected chi connectivity index (χ2v) is 11.7. The third-order valence-corrected chi connectivity index (χ3v) is 7.31. The lowest BCUT2D eigenvalue weighted by molar-refractivity contribution is 0.481. The molecule has 1 aliphatic rings. The normalized spacial score (nSPS) is 16.8. The molecule has 2 aromatic rings. The maximum atomic E-state index is 12.1. The number of sulfonamides is 2. The largest absolute Gasteiger partial charge is 0.457 e. The van der Waals surface area contributed by atoms with Crippen LogP contribution in [0.5, 0.6) is 11.5 Å². The Morgan fingerprint density at radius 1 is 1.00 bits per heavy atom. The van der Waals surface area contributed by atoms with Crippen molar-refractivity contribution in [3.63, 3.8) is 0 Å². The van der Waals surface area contributed by atoms with Gasteiger partial charge in [0.1, 0.15) is 11.5 Å². The lowest BCUT2D eigenvalue weighted by Crippen LogP contribution is -2.39. The predicted octanol–water partition coefficient (Wildman–Crippen LogP) is 2.32. The fourth-order valence-corrected chi connectivity index (χ4v) is 4.51. The summed E-state index contributed by atoms with van der Waals surface area (Å²) in [5, 5.41) is -0.463. The van der Waals surface area contributed by atoms with Gasteiger partial charge in [-0.1, -0.05) is 18.2 Å². The van der Waals surface area contributed by atoms with Crippen molar-refractivity contribution in [3.8, 4) is 11.5 Å². The Morgan fingerprint density at radius 3 is 2.38 bits per heavy atom. The zero-order valence-electron chi connectivity index (χ0n) is 16.7. The Hall–Kier alpha value is -1.94. The van der Waals surface area contributed by atoms with Gasteiger partial charge < -0.3 is 4.74 Å². The molecule has 0 radical (unpaired) electrons. The molecule has 158 valence electrons. The molecule has 0 aromatic heterocycles. The predicted molar refractivity (Wildman–Crippen MR) is 113 cm³/mol. The highest BCUT2D eigenvalue weighted by atomic mass is 32.2. The van der Waals surface area contributed by atoms with E-state index in [1.807, 2.05) is 24.3 Å². The van der Waals surface area contributed by atoms with Crippen LogP contribution in [0.15, 0.2) is 42.5 Å². The Kier molecular flexibility index (Phi) is 6.33. The smallest absolute Gasteiger partial charge is 0.214 e. The molecule has 1 atom stereocenters. The van der Waals surface area contributed by atoms with Gasteiger partial charge in [0, 0.05) is 12.6 Å². The molecular weight excluding hydrogens is 412 g/mol. The third kappa shape index (κ3) is 6.02. The number of hydrogen-bond donors (Lipinski definition) is 2. The van der Waals surface area contributed by atoms with Gasteiger partial charge in [0.05, 0.1) is 11.5 Å². The molecule has 2 aromatic carbocycles. The Labute approximate surface area is 172 Å². The molecule has 3 rings (SSSR count). The number of ether oxygens (including phenoxy) is 1. The van der Waals surface area contributed by atoms with Crippen LogP contribution in [0.25, 0.3) is 0 Å². The Balaban J connectivity index is 1.68. The summed E-state index contributed by atoms with van der Waals surface area (Å²) in [6.45, 7) is 3.52. The molecule has 0 saturated heterocycles. The lowest BCUT2D eigenvalue weighted by atomic mass is 10.1. The number of hydrogen-bond acceptors (Lipinski definition) is 5. The summed E-state index contributed by atoms with van der Waals surface area (Å²) in [7, 11) is -6.57. The molecule has 1 aliphatic carbocycles. The van der Waals surface area contributed by atoms with Gasteiger partial charge in [-0.25, -0.2) is 26.3 Å². The fourth-order valence-electron chi connectivity index (χ4n) is 3.18. The Bertz CT molecular complexity index is 1100. The van der Waals surface area contributed by atoms with Crippen molar-refractivity contribution in [2.45, 2.75) is 44.5 Å². The third-order valence-electron chi connectivity index (χ3n) is 4.73. The first-order valence-electron chi connectivity index (χ1n) is 9.36. The van der Waals surface area contributed by atoms with Gasteiger partial charge >= 0.3 is 0 Å². The molecule has 0 saturated carbocycles. The molecule has 0 heterocycles. The van der Waals surface area contributed by atoms with Crippen molar-refractivity contribution in [1.82, 2.24) is 9.44 Å². The van der Waals surface area contributed by atoms with Crippen LogP contribution in [0.3, 0.4) is 0 Å². The zero-order chi connectivity index (χ0) is 21.2. The summed E-state index contributed by atoms with van der Waals surface area (Å²) in [5.41, 5.74) is 2.96. The van der Waals surface area contributed by atoms with Crippen molar-refractivity contribution in [2.24, 2.45) is 0 Å². The molecule has 2 N–H and O–H groups in total. The number of benzene rings is 2. The molecule has 29 heavy (non-hydrogen) atoms. The molecule has 9 heteroatoms. The van der Waals surface area contributed by atoms with Crippen LogP contribution in [0.1, 0.15) is 30.5 Å². The maximum Gasteiger partial charge on any atom is 0.214 e. The highest BCUT2D eigenvalue weighted by Crippen LogP contribution is 2.30. The highest BCUT2D eigenvalue weighted by molar-refractivity contribution is 7.90. The van der Waals surface area contributed by atoms with E-state index in [1.54, 1.807) is 32.0 Å². The molecule has 0 aliphatic heterocycles. The van der Waals surface area contributed by atoms with Crippen LogP contribution in [0, 0.1) is 0 Å². The highest BCUT2D eigenvalue weighted by Gasteiger charge is 2.27. The first kappa shape index (κ1) is 21.8. The first-order chi connectivity index (χ1) is 13.5. The van der Waals surface area contributed by atoms with Crippen LogP contribution < -0.4 is 14.2 Å². The molecule has 7 nitrogen and oxygen atoms in total. The summed E-state index contributed by atoms with van der Waals surface area (Å²) >= 11 is 0. The number of rotatable bonds is 8. The van der Waals surface area contributed by atoms with Crippen LogP contribution >= 0.6 is 0 Å². The second kappa shape index (κ2) is 8.43. The van der Waals surface area contributed by atoms with Gasteiger partial charge in [0.25, 0.3) is 0 Å². The minimum atomic E-state index is -3.31. The van der Waals surface area contributed by atoms with E-state index >= 15 is 0 Å². The minimum absolute atomic E-state index is 0.141. The van der Waals surface area contributed by atoms with E-state index in [1.165, 1.54) is 0 Å². The lowest BCUT2D eigenvalue weighted by Gasteiger charge is -2.14. The van der Waals surface area contributed by atoms with Gasteiger partial charge in [0.2, 0.25) is 20.0 Å². The molecule has 0 spiro atoms. The van der Waals surface area contributed by atoms with Crippen LogP contribution in [-0.4, -0.2) is 34.4 Å². The van der Waals surface area contributed by atoms with Crippen LogP contribution in [0.4, 0.5) is 0 Å². The van der Waals surface area contributed by atoms with E-state index in [-0.39, 0.29) is 12.6 Å². The SMILES string of the molecule is CC(C)S(=O)(=O)N[C@H]1Cc2ccc(Oc3cccc(CNS(C)(=O)=O)c3)cc2C1. The van der Waals surface area contributed by atoms with Gasteiger partial charge in [0.15, 0.2) is 0 Å². The first-order valence-corrected chi connectivity index (χ1v) is 12.8. The van der Waals surface area contributed by atoms with E-state index in [2.05, 4.69) is 9.44 Å². The van der Waals surface area contributed by atoms with Crippen LogP contribution in [-0.2, 0) is 39.4 Å². The van der Waals surface area contributed by atoms with Gasteiger partial charge in [-0.3, -0.25) is 0 Å². The Morgan fingerprint density at radius 2 is 1.69 bits per heavy atom. The quantitative estimate of drug-likeness (QED) is 0.659. The number of fused-ring (bicyclic) bond motifs is 1. The molecule has 0 amide bonds. The van der Waals surface area contributed by atoms with E-state index in [9.17, 15) is 16.8 Å². The topological polar surface area (TPSA) is 102 Å². The standard InChI is InChI=1S/C20H26N2O5S2/c1-14(2)29(25,26)22-18-10-16-7-8-20(12-17(16)11-18)27-19-6-4-5-15(9-19)13-21-28(3,23)24/h4-9,12,14,18,21-22H,10-11,13H2,1-3H3/t18-/m0/s1. The number of nitrogens with one attached hydrogen (secondary N) is 2. The summed E-state index contributed by atoms with van der Waals surface area (Å²) < 4.78 is 57.9. The summed E-state index contributed by atoms with van der Waals surface area (Å²) in [5.74, 6) is 1.26. The van der Waals surface area contributed by atoms with Gasteiger partial charge in [-0.2, -0.15) is 0 Å². The van der Waals surface area contributed by atoms with E-state index in [0.29, 0.717) is 24.3 Å². The summed E-state index contributed by atoms with van der Waals surface area (Å²) in [6.07, 6.45) is 2.40. The summed E-state index contributed by atoms with van der Waals surface area (Å²) in [6, 6.07) is 12.8.